The summed E-state index contributed by atoms with van der Waals surface area (Å²) in [6.07, 6.45) is 1.52. The summed E-state index contributed by atoms with van der Waals surface area (Å²) < 4.78 is 20.8. The summed E-state index contributed by atoms with van der Waals surface area (Å²) in [6.45, 7) is 8.22. The van der Waals surface area contributed by atoms with Gasteiger partial charge in [-0.15, -0.1) is 0 Å². The Morgan fingerprint density at radius 3 is 2.78 bits per heavy atom. The van der Waals surface area contributed by atoms with Crippen molar-refractivity contribution < 1.29 is 13.9 Å². The second-order valence-corrected chi connectivity index (χ2v) is 8.59. The molecule has 0 aromatic heterocycles. The van der Waals surface area contributed by atoms with Crippen LogP contribution in [0.5, 0.6) is 0 Å². The molecule has 1 amide bonds. The number of ether oxygens (including phenoxy) is 1. The summed E-state index contributed by atoms with van der Waals surface area (Å²) in [4.78, 5) is 14.3. The van der Waals surface area contributed by atoms with E-state index in [9.17, 15) is 9.18 Å². The highest BCUT2D eigenvalue weighted by Crippen LogP contribution is 2.63. The van der Waals surface area contributed by atoms with Gasteiger partial charge < -0.3 is 9.64 Å². The van der Waals surface area contributed by atoms with Crippen LogP contribution in [0, 0.1) is 11.7 Å². The SMILES string of the molecule is CCC1[C@@H]2C[C@]2(c2cc(Br)ccc2F)CN1C(=O)OC(C)(C)C. The predicted octanol–water partition coefficient (Wildman–Crippen LogP) is 4.88. The van der Waals surface area contributed by atoms with Crippen LogP contribution in [-0.2, 0) is 10.2 Å². The van der Waals surface area contributed by atoms with Crippen molar-refractivity contribution in [2.24, 2.45) is 5.92 Å². The molecule has 0 bridgehead atoms. The second-order valence-electron chi connectivity index (χ2n) is 7.67. The van der Waals surface area contributed by atoms with E-state index >= 15 is 0 Å². The van der Waals surface area contributed by atoms with Crippen LogP contribution in [0.15, 0.2) is 22.7 Å². The first-order chi connectivity index (χ1) is 10.7. The Kier molecular flexibility index (Phi) is 3.98. The molecule has 3 atom stereocenters. The molecule has 3 nitrogen and oxygen atoms in total. The third-order valence-corrected chi connectivity index (χ3v) is 5.46. The van der Waals surface area contributed by atoms with Crippen molar-refractivity contribution in [3.63, 3.8) is 0 Å². The van der Waals surface area contributed by atoms with E-state index in [0.29, 0.717) is 12.5 Å². The fourth-order valence-electron chi connectivity index (χ4n) is 3.96. The third-order valence-electron chi connectivity index (χ3n) is 4.96. The number of halogens is 2. The van der Waals surface area contributed by atoms with Crippen molar-refractivity contribution in [2.75, 3.05) is 6.54 Å². The van der Waals surface area contributed by atoms with Crippen molar-refractivity contribution in [1.29, 1.82) is 0 Å². The first kappa shape index (κ1) is 16.7. The zero-order valence-corrected chi connectivity index (χ0v) is 15.6. The van der Waals surface area contributed by atoms with Gasteiger partial charge in [0.05, 0.1) is 0 Å². The Morgan fingerprint density at radius 2 is 2.17 bits per heavy atom. The van der Waals surface area contributed by atoms with Gasteiger partial charge in [0.1, 0.15) is 11.4 Å². The number of amides is 1. The molecule has 1 saturated carbocycles. The van der Waals surface area contributed by atoms with Crippen molar-refractivity contribution in [1.82, 2.24) is 4.90 Å². The van der Waals surface area contributed by atoms with Gasteiger partial charge in [-0.3, -0.25) is 0 Å². The van der Waals surface area contributed by atoms with Crippen molar-refractivity contribution >= 4 is 22.0 Å². The van der Waals surface area contributed by atoms with Gasteiger partial charge in [0.25, 0.3) is 0 Å². The Balaban J connectivity index is 1.88. The molecular formula is C18H23BrFNO2. The highest BCUT2D eigenvalue weighted by molar-refractivity contribution is 9.10. The molecule has 23 heavy (non-hydrogen) atoms. The van der Waals surface area contributed by atoms with Crippen molar-refractivity contribution in [2.45, 2.75) is 57.6 Å². The number of hydrogen-bond acceptors (Lipinski definition) is 2. The molecular weight excluding hydrogens is 361 g/mol. The number of hydrogen-bond donors (Lipinski definition) is 0. The van der Waals surface area contributed by atoms with Gasteiger partial charge in [0.2, 0.25) is 0 Å². The van der Waals surface area contributed by atoms with Crippen LogP contribution in [0.3, 0.4) is 0 Å². The average Bonchev–Trinajstić information content (AvgIpc) is 3.07. The maximum atomic E-state index is 14.4. The molecule has 1 aliphatic carbocycles. The summed E-state index contributed by atoms with van der Waals surface area (Å²) in [6, 6.07) is 5.20. The van der Waals surface area contributed by atoms with Crippen LogP contribution < -0.4 is 0 Å². The zero-order valence-electron chi connectivity index (χ0n) is 14.0. The quantitative estimate of drug-likeness (QED) is 0.728. The lowest BCUT2D eigenvalue weighted by atomic mass is 9.93. The van der Waals surface area contributed by atoms with E-state index in [1.807, 2.05) is 26.8 Å². The Bertz CT molecular complexity index is 642. The standard InChI is InChI=1S/C18H23BrFNO2/c1-5-15-13-9-18(13,12-8-11(19)6-7-14(12)20)10-21(15)16(22)23-17(2,3)4/h6-8,13,15H,5,9-10H2,1-4H3/t13-,15?,18+/m0/s1. The highest BCUT2D eigenvalue weighted by atomic mass is 79.9. The molecule has 1 aromatic carbocycles. The van der Waals surface area contributed by atoms with E-state index in [-0.39, 0.29) is 23.4 Å². The van der Waals surface area contributed by atoms with Gasteiger partial charge in [0.15, 0.2) is 0 Å². The maximum absolute atomic E-state index is 14.4. The van der Waals surface area contributed by atoms with Crippen LogP contribution in [-0.4, -0.2) is 29.2 Å². The van der Waals surface area contributed by atoms with Gasteiger partial charge in [0, 0.05) is 22.5 Å². The summed E-state index contributed by atoms with van der Waals surface area (Å²) in [5.74, 6) is 0.139. The number of carbonyl (C=O) groups is 1. The minimum atomic E-state index is -0.518. The fourth-order valence-corrected chi connectivity index (χ4v) is 4.32. The van der Waals surface area contributed by atoms with Crippen LogP contribution in [0.25, 0.3) is 0 Å². The maximum Gasteiger partial charge on any atom is 0.410 e. The molecule has 3 rings (SSSR count). The Labute approximate surface area is 145 Å². The number of rotatable bonds is 2. The molecule has 0 N–H and O–H groups in total. The molecule has 1 aromatic rings. The van der Waals surface area contributed by atoms with Crippen molar-refractivity contribution in [3.05, 3.63) is 34.1 Å². The van der Waals surface area contributed by atoms with Crippen LogP contribution in [0.1, 0.15) is 46.1 Å². The lowest BCUT2D eigenvalue weighted by Gasteiger charge is -2.30. The summed E-state index contributed by atoms with van der Waals surface area (Å²) in [7, 11) is 0. The van der Waals surface area contributed by atoms with Gasteiger partial charge >= 0.3 is 6.09 Å². The first-order valence-corrected chi connectivity index (χ1v) is 8.92. The number of nitrogens with zero attached hydrogens (tertiary/aromatic N) is 1. The van der Waals surface area contributed by atoms with Crippen LogP contribution in [0.2, 0.25) is 0 Å². The number of benzene rings is 1. The molecule has 1 saturated heterocycles. The Morgan fingerprint density at radius 1 is 1.48 bits per heavy atom. The number of carbonyl (C=O) groups excluding carboxylic acids is 1. The molecule has 1 heterocycles. The van der Waals surface area contributed by atoms with Crippen LogP contribution >= 0.6 is 15.9 Å². The van der Waals surface area contributed by atoms with Crippen LogP contribution in [0.4, 0.5) is 9.18 Å². The third kappa shape index (κ3) is 2.88. The molecule has 2 fully saturated rings. The average molecular weight is 384 g/mol. The molecule has 1 unspecified atom stereocenters. The molecule has 0 spiro atoms. The van der Waals surface area contributed by atoms with E-state index in [0.717, 1.165) is 22.9 Å². The zero-order chi connectivity index (χ0) is 17.0. The van der Waals surface area contributed by atoms with Gasteiger partial charge in [-0.25, -0.2) is 9.18 Å². The van der Waals surface area contributed by atoms with E-state index in [2.05, 4.69) is 22.9 Å². The minimum Gasteiger partial charge on any atom is -0.444 e. The first-order valence-electron chi connectivity index (χ1n) is 8.13. The highest BCUT2D eigenvalue weighted by Gasteiger charge is 2.67. The van der Waals surface area contributed by atoms with Gasteiger partial charge in [-0.1, -0.05) is 22.9 Å². The largest absolute Gasteiger partial charge is 0.444 e. The number of piperidine rings is 1. The minimum absolute atomic E-state index is 0.128. The van der Waals surface area contributed by atoms with Gasteiger partial charge in [-0.05, 0) is 63.3 Å². The normalized spacial score (nSPS) is 29.4. The van der Waals surface area contributed by atoms with E-state index in [4.69, 9.17) is 4.74 Å². The van der Waals surface area contributed by atoms with E-state index in [1.54, 1.807) is 11.0 Å². The number of fused-ring (bicyclic) bond motifs is 1. The molecule has 0 radical (unpaired) electrons. The monoisotopic (exact) mass is 383 g/mol. The summed E-state index contributed by atoms with van der Waals surface area (Å²) in [5, 5.41) is 0. The molecule has 2 aliphatic rings. The summed E-state index contributed by atoms with van der Waals surface area (Å²) >= 11 is 3.43. The topological polar surface area (TPSA) is 29.5 Å². The second kappa shape index (κ2) is 5.47. The molecule has 5 heteroatoms. The molecule has 126 valence electrons. The summed E-state index contributed by atoms with van der Waals surface area (Å²) in [5.41, 5.74) is -0.0386. The lowest BCUT2D eigenvalue weighted by molar-refractivity contribution is 0.0186. The fraction of sp³-hybridized carbons (Fsp3) is 0.611. The van der Waals surface area contributed by atoms with E-state index < -0.39 is 5.60 Å². The van der Waals surface area contributed by atoms with E-state index in [1.165, 1.54) is 6.07 Å². The van der Waals surface area contributed by atoms with Gasteiger partial charge in [-0.2, -0.15) is 0 Å². The smallest absolute Gasteiger partial charge is 0.410 e. The molecule has 1 aliphatic heterocycles. The van der Waals surface area contributed by atoms with Crippen molar-refractivity contribution in [3.8, 4) is 0 Å². The predicted molar refractivity (Wildman–Crippen MR) is 90.9 cm³/mol. The lowest BCUT2D eigenvalue weighted by Crippen LogP contribution is -2.42. The Hall–Kier alpha value is -1.10. The number of likely N-dealkylation sites (tertiary alicyclic amines) is 1.